The number of piperidine rings is 1. The van der Waals surface area contributed by atoms with Crippen molar-refractivity contribution >= 4 is 15.9 Å². The van der Waals surface area contributed by atoms with E-state index >= 15 is 0 Å². The van der Waals surface area contributed by atoms with Crippen molar-refractivity contribution in [1.82, 2.24) is 9.21 Å². The van der Waals surface area contributed by atoms with E-state index in [4.69, 9.17) is 10.5 Å². The summed E-state index contributed by atoms with van der Waals surface area (Å²) in [5, 5.41) is 0. The maximum Gasteiger partial charge on any atom is 0.245 e. The molecule has 2 bridgehead atoms. The van der Waals surface area contributed by atoms with Gasteiger partial charge in [0.25, 0.3) is 0 Å². The summed E-state index contributed by atoms with van der Waals surface area (Å²) in [4.78, 5) is 15.4. The van der Waals surface area contributed by atoms with Crippen LogP contribution in [0.5, 0.6) is 0 Å². The number of hydrogen-bond donors (Lipinski definition) is 1. The standard InChI is InChI=1S/C23H30F3N3O4S/c24-18-13-20(26)19(25)11-14(18)12-21(27)15-9-16-1-2-17(10-15)29(16)22(30)23(3-4-23)34(31,32)28-5-7-33-8-6-28/h11,13,15-17,21H,1-10,12,27H2/t15?,16?,17?,21-/m1/s1. The zero-order chi connectivity index (χ0) is 24.3. The second-order valence-electron chi connectivity index (χ2n) is 10.1. The predicted molar refractivity (Wildman–Crippen MR) is 118 cm³/mol. The normalized spacial score (nSPS) is 29.8. The fourth-order valence-corrected chi connectivity index (χ4v) is 8.07. The summed E-state index contributed by atoms with van der Waals surface area (Å²) in [5.74, 6) is -3.50. The summed E-state index contributed by atoms with van der Waals surface area (Å²) < 4.78 is 73.0. The summed E-state index contributed by atoms with van der Waals surface area (Å²) in [6, 6.07) is 0.674. The van der Waals surface area contributed by atoms with Gasteiger partial charge in [0.15, 0.2) is 16.4 Å². The SMILES string of the molecule is N[C@H](Cc1cc(F)c(F)cc1F)C1CC2CCC(C1)N2C(=O)C1(S(=O)(=O)N2CCOCC2)CC1. The van der Waals surface area contributed by atoms with Crippen LogP contribution in [0, 0.1) is 23.4 Å². The fraction of sp³-hybridized carbons (Fsp3) is 0.696. The molecule has 3 heterocycles. The number of amides is 1. The van der Waals surface area contributed by atoms with E-state index < -0.39 is 38.3 Å². The summed E-state index contributed by atoms with van der Waals surface area (Å²) in [6.45, 7) is 1.19. The van der Waals surface area contributed by atoms with E-state index in [-0.39, 0.29) is 49.0 Å². The van der Waals surface area contributed by atoms with Crippen molar-refractivity contribution in [2.75, 3.05) is 26.3 Å². The minimum absolute atomic E-state index is 0.0277. The Morgan fingerprint density at radius 3 is 2.24 bits per heavy atom. The van der Waals surface area contributed by atoms with Crippen molar-refractivity contribution in [3.63, 3.8) is 0 Å². The van der Waals surface area contributed by atoms with Gasteiger partial charge in [-0.2, -0.15) is 4.31 Å². The highest BCUT2D eigenvalue weighted by molar-refractivity contribution is 7.91. The Morgan fingerprint density at radius 2 is 1.65 bits per heavy atom. The average molecular weight is 502 g/mol. The molecule has 1 amide bonds. The third kappa shape index (κ3) is 3.94. The third-order valence-corrected chi connectivity index (χ3v) is 10.7. The molecule has 34 heavy (non-hydrogen) atoms. The molecule has 4 aliphatic rings. The van der Waals surface area contributed by atoms with Gasteiger partial charge in [0.2, 0.25) is 15.9 Å². The lowest BCUT2D eigenvalue weighted by molar-refractivity contribution is -0.137. The highest BCUT2D eigenvalue weighted by Gasteiger charge is 2.66. The maximum atomic E-state index is 14.1. The number of carbonyl (C=O) groups excluding carboxylic acids is 1. The van der Waals surface area contributed by atoms with Gasteiger partial charge in [-0.3, -0.25) is 4.79 Å². The molecule has 3 saturated heterocycles. The number of morpholine rings is 1. The molecule has 2 unspecified atom stereocenters. The van der Waals surface area contributed by atoms with E-state index in [1.54, 1.807) is 4.90 Å². The first-order chi connectivity index (χ1) is 16.1. The Hall–Kier alpha value is -1.69. The largest absolute Gasteiger partial charge is 0.379 e. The molecule has 11 heteroatoms. The highest BCUT2D eigenvalue weighted by atomic mass is 32.2. The van der Waals surface area contributed by atoms with Gasteiger partial charge in [-0.15, -0.1) is 0 Å². The molecule has 4 fully saturated rings. The Morgan fingerprint density at radius 1 is 1.06 bits per heavy atom. The third-order valence-electron chi connectivity index (χ3n) is 8.05. The molecular weight excluding hydrogens is 471 g/mol. The summed E-state index contributed by atoms with van der Waals surface area (Å²) in [7, 11) is -3.77. The number of fused-ring (bicyclic) bond motifs is 2. The number of hydrogen-bond acceptors (Lipinski definition) is 5. The van der Waals surface area contributed by atoms with E-state index in [1.165, 1.54) is 4.31 Å². The van der Waals surface area contributed by atoms with Gasteiger partial charge in [-0.25, -0.2) is 21.6 Å². The molecule has 188 valence electrons. The number of carbonyl (C=O) groups is 1. The van der Waals surface area contributed by atoms with Crippen LogP contribution >= 0.6 is 0 Å². The van der Waals surface area contributed by atoms with Crippen molar-refractivity contribution < 1.29 is 31.1 Å². The molecule has 3 aliphatic heterocycles. The van der Waals surface area contributed by atoms with Crippen molar-refractivity contribution in [1.29, 1.82) is 0 Å². The summed E-state index contributed by atoms with van der Waals surface area (Å²) in [6.07, 6.45) is 3.44. The van der Waals surface area contributed by atoms with Crippen LogP contribution in [-0.2, 0) is 26.0 Å². The van der Waals surface area contributed by atoms with E-state index in [0.717, 1.165) is 18.9 Å². The lowest BCUT2D eigenvalue weighted by Gasteiger charge is -2.43. The zero-order valence-corrected chi connectivity index (χ0v) is 19.7. The predicted octanol–water partition coefficient (Wildman–Crippen LogP) is 1.94. The monoisotopic (exact) mass is 501 g/mol. The molecule has 1 saturated carbocycles. The lowest BCUT2D eigenvalue weighted by atomic mass is 9.82. The van der Waals surface area contributed by atoms with Crippen LogP contribution in [0.15, 0.2) is 12.1 Å². The maximum absolute atomic E-state index is 14.1. The van der Waals surface area contributed by atoms with Crippen molar-refractivity contribution in [2.45, 2.75) is 67.8 Å². The van der Waals surface area contributed by atoms with Crippen LogP contribution in [-0.4, -0.2) is 72.7 Å². The van der Waals surface area contributed by atoms with Crippen LogP contribution in [0.3, 0.4) is 0 Å². The van der Waals surface area contributed by atoms with E-state index in [2.05, 4.69) is 0 Å². The Balaban J connectivity index is 1.28. The van der Waals surface area contributed by atoms with E-state index in [1.807, 2.05) is 0 Å². The van der Waals surface area contributed by atoms with Gasteiger partial charge in [0.1, 0.15) is 5.82 Å². The van der Waals surface area contributed by atoms with Gasteiger partial charge in [0, 0.05) is 37.3 Å². The van der Waals surface area contributed by atoms with Gasteiger partial charge in [-0.1, -0.05) is 0 Å². The number of nitrogens with two attached hydrogens (primary N) is 1. The molecular formula is C23H30F3N3O4S. The number of nitrogens with zero attached hydrogens (tertiary/aromatic N) is 2. The number of rotatable bonds is 6. The number of benzene rings is 1. The number of halogens is 3. The number of sulfonamides is 1. The minimum atomic E-state index is -3.77. The second-order valence-corrected chi connectivity index (χ2v) is 12.3. The van der Waals surface area contributed by atoms with Gasteiger partial charge < -0.3 is 15.4 Å². The molecule has 7 nitrogen and oxygen atoms in total. The van der Waals surface area contributed by atoms with E-state index in [0.29, 0.717) is 45.0 Å². The molecule has 1 aromatic rings. The first-order valence-electron chi connectivity index (χ1n) is 11.9. The van der Waals surface area contributed by atoms with Crippen LogP contribution in [0.25, 0.3) is 0 Å². The first-order valence-corrected chi connectivity index (χ1v) is 13.4. The Bertz CT molecular complexity index is 1060. The average Bonchev–Trinajstić information content (AvgIpc) is 3.59. The topological polar surface area (TPSA) is 92.9 Å². The van der Waals surface area contributed by atoms with Crippen LogP contribution < -0.4 is 5.73 Å². The number of ether oxygens (including phenoxy) is 1. The first kappa shape index (κ1) is 24.0. The molecule has 0 spiro atoms. The highest BCUT2D eigenvalue weighted by Crippen LogP contribution is 2.50. The van der Waals surface area contributed by atoms with Crippen molar-refractivity contribution in [2.24, 2.45) is 11.7 Å². The molecule has 2 N–H and O–H groups in total. The Labute approximate surface area is 197 Å². The van der Waals surface area contributed by atoms with Gasteiger partial charge in [-0.05, 0) is 62.5 Å². The van der Waals surface area contributed by atoms with Gasteiger partial charge >= 0.3 is 0 Å². The van der Waals surface area contributed by atoms with Crippen molar-refractivity contribution in [3.05, 3.63) is 35.1 Å². The molecule has 3 atom stereocenters. The van der Waals surface area contributed by atoms with Crippen molar-refractivity contribution in [3.8, 4) is 0 Å². The Kier molecular flexibility index (Phi) is 6.19. The quantitative estimate of drug-likeness (QED) is 0.602. The van der Waals surface area contributed by atoms with Crippen LogP contribution in [0.1, 0.15) is 44.1 Å². The smallest absolute Gasteiger partial charge is 0.245 e. The lowest BCUT2D eigenvalue weighted by Crippen LogP contribution is -2.58. The fourth-order valence-electron chi connectivity index (χ4n) is 6.01. The van der Waals surface area contributed by atoms with E-state index in [9.17, 15) is 26.4 Å². The zero-order valence-electron chi connectivity index (χ0n) is 18.9. The minimum Gasteiger partial charge on any atom is -0.379 e. The van der Waals surface area contributed by atoms with Gasteiger partial charge in [0.05, 0.1) is 13.2 Å². The van der Waals surface area contributed by atoms with Crippen LogP contribution in [0.4, 0.5) is 13.2 Å². The molecule has 0 aromatic heterocycles. The second kappa shape index (κ2) is 8.76. The molecule has 1 aliphatic carbocycles. The van der Waals surface area contributed by atoms with Crippen LogP contribution in [0.2, 0.25) is 0 Å². The summed E-state index contributed by atoms with van der Waals surface area (Å²) in [5.41, 5.74) is 6.41. The molecule has 1 aromatic carbocycles. The summed E-state index contributed by atoms with van der Waals surface area (Å²) >= 11 is 0. The molecule has 5 rings (SSSR count). The molecule has 0 radical (unpaired) electrons.